The lowest BCUT2D eigenvalue weighted by Gasteiger charge is -2.16. The molecule has 1 aromatic carbocycles. The van der Waals surface area contributed by atoms with E-state index in [1.54, 1.807) is 0 Å². The second-order valence-electron chi connectivity index (χ2n) is 4.01. The van der Waals surface area contributed by atoms with E-state index in [1.807, 2.05) is 0 Å². The number of benzene rings is 1. The van der Waals surface area contributed by atoms with Crippen molar-refractivity contribution in [3.63, 3.8) is 0 Å². The average Bonchev–Trinajstić information content (AvgIpc) is 2.37. The summed E-state index contributed by atoms with van der Waals surface area (Å²) in [4.78, 5) is 11.5. The summed E-state index contributed by atoms with van der Waals surface area (Å²) in [7, 11) is 1.41. The summed E-state index contributed by atoms with van der Waals surface area (Å²) in [5.74, 6) is 0. The number of methoxy groups -OCH3 is 1. The standard InChI is InChI=1S/C12H15F3N2O3/c1-20-7-10(6-18)17-11(19)16-9-4-2-8(3-5-9)12(13,14)15/h2-5,10,18H,6-7H2,1H3,(H2,16,17,19). The van der Waals surface area contributed by atoms with Crippen LogP contribution in [0.3, 0.4) is 0 Å². The summed E-state index contributed by atoms with van der Waals surface area (Å²) in [5.41, 5.74) is -0.583. The normalized spacial score (nSPS) is 12.8. The second-order valence-corrected chi connectivity index (χ2v) is 4.01. The van der Waals surface area contributed by atoms with Crippen molar-refractivity contribution in [3.05, 3.63) is 29.8 Å². The smallest absolute Gasteiger partial charge is 0.394 e. The van der Waals surface area contributed by atoms with Crippen molar-refractivity contribution in [2.75, 3.05) is 25.6 Å². The number of anilines is 1. The van der Waals surface area contributed by atoms with Crippen molar-refractivity contribution in [1.82, 2.24) is 5.32 Å². The number of ether oxygens (including phenoxy) is 1. The third kappa shape index (κ3) is 5.06. The fourth-order valence-corrected chi connectivity index (χ4v) is 1.44. The molecule has 0 saturated carbocycles. The molecular formula is C12H15F3N2O3. The van der Waals surface area contributed by atoms with Gasteiger partial charge >= 0.3 is 12.2 Å². The van der Waals surface area contributed by atoms with Crippen molar-refractivity contribution in [2.24, 2.45) is 0 Å². The highest BCUT2D eigenvalue weighted by atomic mass is 19.4. The van der Waals surface area contributed by atoms with Crippen LogP contribution >= 0.6 is 0 Å². The predicted octanol–water partition coefficient (Wildman–Crippen LogP) is 1.83. The Kier molecular flexibility index (Phi) is 5.78. The maximum absolute atomic E-state index is 12.3. The number of alkyl halides is 3. The van der Waals surface area contributed by atoms with Gasteiger partial charge in [-0.1, -0.05) is 0 Å². The van der Waals surface area contributed by atoms with Gasteiger partial charge in [0.15, 0.2) is 0 Å². The van der Waals surface area contributed by atoms with Gasteiger partial charge in [-0.2, -0.15) is 13.2 Å². The van der Waals surface area contributed by atoms with Crippen molar-refractivity contribution in [1.29, 1.82) is 0 Å². The molecule has 0 heterocycles. The molecule has 0 aliphatic heterocycles. The molecular weight excluding hydrogens is 277 g/mol. The molecule has 0 aliphatic carbocycles. The molecule has 2 amide bonds. The monoisotopic (exact) mass is 292 g/mol. The lowest BCUT2D eigenvalue weighted by atomic mass is 10.2. The minimum absolute atomic E-state index is 0.122. The molecule has 20 heavy (non-hydrogen) atoms. The van der Waals surface area contributed by atoms with Crippen LogP contribution in [0.5, 0.6) is 0 Å². The molecule has 1 atom stereocenters. The Hall–Kier alpha value is -1.80. The van der Waals surface area contributed by atoms with E-state index in [0.717, 1.165) is 24.3 Å². The molecule has 0 saturated heterocycles. The van der Waals surface area contributed by atoms with Gasteiger partial charge in [0.25, 0.3) is 0 Å². The summed E-state index contributed by atoms with van der Waals surface area (Å²) in [5, 5.41) is 13.7. The van der Waals surface area contributed by atoms with Crippen molar-refractivity contribution in [3.8, 4) is 0 Å². The summed E-state index contributed by atoms with van der Waals surface area (Å²) in [6.07, 6.45) is -4.42. The van der Waals surface area contributed by atoms with Crippen molar-refractivity contribution < 1.29 is 27.8 Å². The maximum atomic E-state index is 12.3. The van der Waals surface area contributed by atoms with Crippen LogP contribution in [0.15, 0.2) is 24.3 Å². The van der Waals surface area contributed by atoms with Gasteiger partial charge in [-0.15, -0.1) is 0 Å². The first-order valence-corrected chi connectivity index (χ1v) is 5.71. The Labute approximate surface area is 113 Å². The summed E-state index contributed by atoms with van der Waals surface area (Å²) >= 11 is 0. The van der Waals surface area contributed by atoms with Crippen LogP contribution in [-0.4, -0.2) is 37.5 Å². The van der Waals surface area contributed by atoms with Gasteiger partial charge in [0.05, 0.1) is 24.8 Å². The lowest BCUT2D eigenvalue weighted by Crippen LogP contribution is -2.42. The van der Waals surface area contributed by atoms with E-state index in [9.17, 15) is 18.0 Å². The minimum atomic E-state index is -4.42. The Balaban J connectivity index is 2.58. The Morgan fingerprint density at radius 3 is 2.40 bits per heavy atom. The Morgan fingerprint density at radius 2 is 1.95 bits per heavy atom. The number of hydrogen-bond acceptors (Lipinski definition) is 3. The van der Waals surface area contributed by atoms with Gasteiger partial charge in [0, 0.05) is 12.8 Å². The fraction of sp³-hybridized carbons (Fsp3) is 0.417. The molecule has 0 aromatic heterocycles. The molecule has 1 aromatic rings. The van der Waals surface area contributed by atoms with Gasteiger partial charge < -0.3 is 20.5 Å². The molecule has 1 unspecified atom stereocenters. The highest BCUT2D eigenvalue weighted by molar-refractivity contribution is 5.89. The first-order chi connectivity index (χ1) is 9.36. The summed E-state index contributed by atoms with van der Waals surface area (Å²) in [6.45, 7) is -0.189. The van der Waals surface area contributed by atoms with Gasteiger partial charge in [0.2, 0.25) is 0 Å². The molecule has 5 nitrogen and oxygen atoms in total. The average molecular weight is 292 g/mol. The van der Waals surface area contributed by atoms with E-state index < -0.39 is 23.8 Å². The minimum Gasteiger partial charge on any atom is -0.394 e. The maximum Gasteiger partial charge on any atom is 0.416 e. The number of aliphatic hydroxyl groups is 1. The van der Waals surface area contributed by atoms with Crippen LogP contribution in [0.2, 0.25) is 0 Å². The van der Waals surface area contributed by atoms with Crippen molar-refractivity contribution in [2.45, 2.75) is 12.2 Å². The number of hydrogen-bond donors (Lipinski definition) is 3. The molecule has 8 heteroatoms. The molecule has 0 spiro atoms. The van der Waals surface area contributed by atoms with Crippen LogP contribution in [0, 0.1) is 0 Å². The Bertz CT molecular complexity index is 435. The van der Waals surface area contributed by atoms with E-state index in [0.29, 0.717) is 0 Å². The molecule has 1 rings (SSSR count). The number of nitrogens with one attached hydrogen (secondary N) is 2. The number of carbonyl (C=O) groups excluding carboxylic acids is 1. The zero-order valence-electron chi connectivity index (χ0n) is 10.7. The third-order valence-corrected chi connectivity index (χ3v) is 2.39. The van der Waals surface area contributed by atoms with Crippen LogP contribution in [0.4, 0.5) is 23.7 Å². The van der Waals surface area contributed by atoms with E-state index in [1.165, 1.54) is 7.11 Å². The molecule has 3 N–H and O–H groups in total. The Morgan fingerprint density at radius 1 is 1.35 bits per heavy atom. The van der Waals surface area contributed by atoms with Gasteiger partial charge in [-0.3, -0.25) is 0 Å². The highest BCUT2D eigenvalue weighted by Crippen LogP contribution is 2.29. The topological polar surface area (TPSA) is 70.6 Å². The zero-order chi connectivity index (χ0) is 15.2. The zero-order valence-corrected chi connectivity index (χ0v) is 10.7. The number of halogens is 3. The quantitative estimate of drug-likeness (QED) is 0.775. The number of urea groups is 1. The highest BCUT2D eigenvalue weighted by Gasteiger charge is 2.29. The predicted molar refractivity (Wildman–Crippen MR) is 66.3 cm³/mol. The molecule has 112 valence electrons. The van der Waals surface area contributed by atoms with Gasteiger partial charge in [0.1, 0.15) is 0 Å². The van der Waals surface area contributed by atoms with E-state index in [4.69, 9.17) is 9.84 Å². The largest absolute Gasteiger partial charge is 0.416 e. The van der Waals surface area contributed by atoms with Gasteiger partial charge in [-0.05, 0) is 24.3 Å². The van der Waals surface area contributed by atoms with E-state index in [2.05, 4.69) is 10.6 Å². The summed E-state index contributed by atoms with van der Waals surface area (Å²) < 4.78 is 41.8. The van der Waals surface area contributed by atoms with E-state index >= 15 is 0 Å². The molecule has 0 bridgehead atoms. The van der Waals surface area contributed by atoms with Crippen LogP contribution < -0.4 is 10.6 Å². The van der Waals surface area contributed by atoms with Gasteiger partial charge in [-0.25, -0.2) is 4.79 Å². The third-order valence-electron chi connectivity index (χ3n) is 2.39. The number of carbonyl (C=O) groups is 1. The van der Waals surface area contributed by atoms with E-state index in [-0.39, 0.29) is 18.9 Å². The van der Waals surface area contributed by atoms with Crippen molar-refractivity contribution >= 4 is 11.7 Å². The van der Waals surface area contributed by atoms with Crippen LogP contribution in [0.25, 0.3) is 0 Å². The second kappa shape index (κ2) is 7.11. The summed E-state index contributed by atoms with van der Waals surface area (Å²) in [6, 6.07) is 2.80. The first kappa shape index (κ1) is 16.3. The number of amides is 2. The molecule has 0 aliphatic rings. The molecule has 0 radical (unpaired) electrons. The first-order valence-electron chi connectivity index (χ1n) is 5.71. The fourth-order valence-electron chi connectivity index (χ4n) is 1.44. The SMILES string of the molecule is COCC(CO)NC(=O)Nc1ccc(C(F)(F)F)cc1. The van der Waals surface area contributed by atoms with Crippen LogP contribution in [-0.2, 0) is 10.9 Å². The lowest BCUT2D eigenvalue weighted by molar-refractivity contribution is -0.137. The van der Waals surface area contributed by atoms with Crippen LogP contribution in [0.1, 0.15) is 5.56 Å². The number of aliphatic hydroxyl groups excluding tert-OH is 1. The molecule has 0 fully saturated rings. The number of rotatable bonds is 5.